The third-order valence-electron chi connectivity index (χ3n) is 4.69. The molecule has 0 bridgehead atoms. The van der Waals surface area contributed by atoms with E-state index >= 15 is 0 Å². The van der Waals surface area contributed by atoms with E-state index in [-0.39, 0.29) is 11.5 Å². The summed E-state index contributed by atoms with van der Waals surface area (Å²) in [5.41, 5.74) is 2.61. The summed E-state index contributed by atoms with van der Waals surface area (Å²) < 4.78 is 0. The Hall–Kier alpha value is -0.560. The van der Waals surface area contributed by atoms with E-state index in [1.54, 1.807) is 0 Å². The lowest BCUT2D eigenvalue weighted by Crippen LogP contribution is -2.41. The van der Waals surface area contributed by atoms with Gasteiger partial charge in [-0.3, -0.25) is 0 Å². The molecule has 2 aliphatic rings. The zero-order valence-corrected chi connectivity index (χ0v) is 10.8. The number of rotatable bonds is 1. The Balaban J connectivity index is 2.35. The SMILES string of the molecule is C=C1CC[C@@H](O)[C@]2(C)CC[C@@H](C(C)C)C=C12. The maximum atomic E-state index is 10.2. The Morgan fingerprint density at radius 3 is 2.75 bits per heavy atom. The van der Waals surface area contributed by atoms with Crippen LogP contribution in [0.5, 0.6) is 0 Å². The van der Waals surface area contributed by atoms with Crippen LogP contribution < -0.4 is 0 Å². The molecular weight excluding hydrogens is 196 g/mol. The monoisotopic (exact) mass is 220 g/mol. The van der Waals surface area contributed by atoms with Gasteiger partial charge in [0.05, 0.1) is 6.10 Å². The molecule has 3 atom stereocenters. The van der Waals surface area contributed by atoms with Gasteiger partial charge in [0.1, 0.15) is 0 Å². The molecule has 0 spiro atoms. The molecule has 0 aromatic carbocycles. The lowest BCUT2D eigenvalue weighted by molar-refractivity contribution is 0.0307. The minimum Gasteiger partial charge on any atom is -0.392 e. The van der Waals surface area contributed by atoms with Gasteiger partial charge in [-0.2, -0.15) is 0 Å². The first kappa shape index (κ1) is 11.9. The van der Waals surface area contributed by atoms with E-state index in [9.17, 15) is 5.11 Å². The van der Waals surface area contributed by atoms with Crippen molar-refractivity contribution < 1.29 is 5.11 Å². The predicted molar refractivity (Wildman–Crippen MR) is 68.1 cm³/mol. The summed E-state index contributed by atoms with van der Waals surface area (Å²) >= 11 is 0. The van der Waals surface area contributed by atoms with Crippen LogP contribution in [-0.4, -0.2) is 11.2 Å². The molecule has 1 saturated carbocycles. The van der Waals surface area contributed by atoms with Crippen LogP contribution in [0, 0.1) is 17.3 Å². The first-order chi connectivity index (χ1) is 7.45. The fourth-order valence-electron chi connectivity index (χ4n) is 3.25. The molecule has 1 nitrogen and oxygen atoms in total. The maximum Gasteiger partial charge on any atom is 0.0637 e. The molecule has 1 heteroatoms. The zero-order valence-electron chi connectivity index (χ0n) is 10.8. The standard InChI is InChI=1S/C15H24O/c1-10(2)12-7-8-15(4)13(9-12)11(3)5-6-14(15)16/h9-10,12,14,16H,3,5-8H2,1-2,4H3/t12-,14-,15-/m1/s1. The minimum atomic E-state index is -0.169. The number of hydrogen-bond acceptors (Lipinski definition) is 1. The fraction of sp³-hybridized carbons (Fsp3) is 0.733. The molecular formula is C15H24O. The number of hydrogen-bond donors (Lipinski definition) is 1. The van der Waals surface area contributed by atoms with E-state index in [1.807, 2.05) is 0 Å². The number of fused-ring (bicyclic) bond motifs is 1. The molecule has 90 valence electrons. The van der Waals surface area contributed by atoms with Crippen molar-refractivity contribution in [2.24, 2.45) is 17.3 Å². The molecule has 2 rings (SSSR count). The fourth-order valence-corrected chi connectivity index (χ4v) is 3.25. The lowest BCUT2D eigenvalue weighted by Gasteiger charge is -2.46. The molecule has 0 amide bonds. The van der Waals surface area contributed by atoms with Crippen molar-refractivity contribution in [1.82, 2.24) is 0 Å². The van der Waals surface area contributed by atoms with E-state index in [2.05, 4.69) is 33.4 Å². The van der Waals surface area contributed by atoms with E-state index in [0.29, 0.717) is 11.8 Å². The second-order valence-corrected chi connectivity index (χ2v) is 6.10. The summed E-state index contributed by atoms with van der Waals surface area (Å²) in [6.07, 6.45) is 6.41. The van der Waals surface area contributed by atoms with Crippen LogP contribution in [0.15, 0.2) is 23.8 Å². The largest absolute Gasteiger partial charge is 0.392 e. The van der Waals surface area contributed by atoms with E-state index < -0.39 is 0 Å². The summed E-state index contributed by atoms with van der Waals surface area (Å²) in [7, 11) is 0. The first-order valence-corrected chi connectivity index (χ1v) is 6.53. The van der Waals surface area contributed by atoms with Crippen molar-refractivity contribution in [3.63, 3.8) is 0 Å². The highest BCUT2D eigenvalue weighted by molar-refractivity contribution is 5.40. The maximum absolute atomic E-state index is 10.2. The Morgan fingerprint density at radius 1 is 1.44 bits per heavy atom. The Labute approximate surface area is 99.3 Å². The van der Waals surface area contributed by atoms with Crippen molar-refractivity contribution in [3.8, 4) is 0 Å². The summed E-state index contributed by atoms with van der Waals surface area (Å²) in [4.78, 5) is 0. The van der Waals surface area contributed by atoms with Gasteiger partial charge in [-0.25, -0.2) is 0 Å². The highest BCUT2D eigenvalue weighted by Crippen LogP contribution is 2.51. The van der Waals surface area contributed by atoms with Gasteiger partial charge in [-0.15, -0.1) is 0 Å². The Bertz CT molecular complexity index is 326. The minimum absolute atomic E-state index is 0.0132. The van der Waals surface area contributed by atoms with Gasteiger partial charge in [-0.05, 0) is 43.1 Å². The van der Waals surface area contributed by atoms with Gasteiger partial charge in [0.15, 0.2) is 0 Å². The van der Waals surface area contributed by atoms with Crippen molar-refractivity contribution in [2.45, 2.75) is 52.6 Å². The third-order valence-corrected chi connectivity index (χ3v) is 4.69. The molecule has 0 radical (unpaired) electrons. The van der Waals surface area contributed by atoms with E-state index in [4.69, 9.17) is 0 Å². The van der Waals surface area contributed by atoms with E-state index in [0.717, 1.165) is 19.3 Å². The number of aliphatic hydroxyl groups is 1. The third kappa shape index (κ3) is 1.75. The van der Waals surface area contributed by atoms with Gasteiger partial charge in [0, 0.05) is 5.41 Å². The van der Waals surface area contributed by atoms with Crippen LogP contribution in [0.3, 0.4) is 0 Å². The average Bonchev–Trinajstić information content (AvgIpc) is 2.24. The molecule has 0 aromatic rings. The summed E-state index contributed by atoms with van der Waals surface area (Å²) in [6.45, 7) is 11.0. The molecule has 0 heterocycles. The Morgan fingerprint density at radius 2 is 2.12 bits per heavy atom. The molecule has 16 heavy (non-hydrogen) atoms. The van der Waals surface area contributed by atoms with Gasteiger partial charge in [0.25, 0.3) is 0 Å². The van der Waals surface area contributed by atoms with Crippen molar-refractivity contribution >= 4 is 0 Å². The first-order valence-electron chi connectivity index (χ1n) is 6.53. The topological polar surface area (TPSA) is 20.2 Å². The van der Waals surface area contributed by atoms with Crippen molar-refractivity contribution in [1.29, 1.82) is 0 Å². The molecule has 1 fully saturated rings. The lowest BCUT2D eigenvalue weighted by atomic mass is 9.60. The van der Waals surface area contributed by atoms with Crippen molar-refractivity contribution in [2.75, 3.05) is 0 Å². The van der Waals surface area contributed by atoms with Crippen LogP contribution in [0.1, 0.15) is 46.5 Å². The molecule has 0 aromatic heterocycles. The normalized spacial score (nSPS) is 39.6. The molecule has 0 unspecified atom stereocenters. The zero-order chi connectivity index (χ0) is 11.9. The molecule has 0 aliphatic heterocycles. The highest BCUT2D eigenvalue weighted by Gasteiger charge is 2.43. The summed E-state index contributed by atoms with van der Waals surface area (Å²) in [5.74, 6) is 1.37. The molecule has 2 aliphatic carbocycles. The van der Waals surface area contributed by atoms with Gasteiger partial charge in [-0.1, -0.05) is 39.0 Å². The van der Waals surface area contributed by atoms with Crippen LogP contribution >= 0.6 is 0 Å². The van der Waals surface area contributed by atoms with Gasteiger partial charge >= 0.3 is 0 Å². The molecule has 0 saturated heterocycles. The predicted octanol–water partition coefficient (Wildman–Crippen LogP) is 3.70. The van der Waals surface area contributed by atoms with Gasteiger partial charge in [0.2, 0.25) is 0 Å². The average molecular weight is 220 g/mol. The quantitative estimate of drug-likeness (QED) is 0.714. The number of allylic oxidation sites excluding steroid dienone is 2. The smallest absolute Gasteiger partial charge is 0.0637 e. The second-order valence-electron chi connectivity index (χ2n) is 6.10. The van der Waals surface area contributed by atoms with Crippen LogP contribution in [0.25, 0.3) is 0 Å². The van der Waals surface area contributed by atoms with Gasteiger partial charge < -0.3 is 5.11 Å². The van der Waals surface area contributed by atoms with E-state index in [1.165, 1.54) is 17.6 Å². The number of aliphatic hydroxyl groups excluding tert-OH is 1. The Kier molecular flexibility index (Phi) is 3.00. The summed E-state index contributed by atoms with van der Waals surface area (Å²) in [5, 5.41) is 10.2. The van der Waals surface area contributed by atoms with Crippen LogP contribution in [-0.2, 0) is 0 Å². The highest BCUT2D eigenvalue weighted by atomic mass is 16.3. The van der Waals surface area contributed by atoms with Crippen LogP contribution in [0.4, 0.5) is 0 Å². The second kappa shape index (κ2) is 4.03. The van der Waals surface area contributed by atoms with Crippen molar-refractivity contribution in [3.05, 3.63) is 23.8 Å². The summed E-state index contributed by atoms with van der Waals surface area (Å²) in [6, 6.07) is 0. The molecule has 1 N–H and O–H groups in total. The van der Waals surface area contributed by atoms with Crippen LogP contribution in [0.2, 0.25) is 0 Å².